The predicted octanol–water partition coefficient (Wildman–Crippen LogP) is 2.51. The third-order valence-electron chi connectivity index (χ3n) is 5.37. The van der Waals surface area contributed by atoms with Crippen molar-refractivity contribution in [1.82, 2.24) is 9.47 Å². The zero-order valence-electron chi connectivity index (χ0n) is 14.7. The van der Waals surface area contributed by atoms with Crippen LogP contribution in [-0.4, -0.2) is 72.8 Å². The van der Waals surface area contributed by atoms with Crippen LogP contribution in [-0.2, 0) is 8.85 Å². The minimum absolute atomic E-state index is 0.428. The molecule has 20 heavy (non-hydrogen) atoms. The third kappa shape index (κ3) is 4.14. The Morgan fingerprint density at radius 1 is 0.900 bits per heavy atom. The van der Waals surface area contributed by atoms with Crippen LogP contribution in [0.25, 0.3) is 0 Å². The second-order valence-electron chi connectivity index (χ2n) is 7.61. The maximum absolute atomic E-state index is 5.61. The number of piperazine rings is 1. The standard InChI is InChI=1S/C14H34N2O2Si2/c1-14(2,3)19(6,7)16-11-9-15(10-12-16)13-20(8,17-4)18-5/h9-13H2,1-8H3. The van der Waals surface area contributed by atoms with Gasteiger partial charge in [-0.15, -0.1) is 0 Å². The van der Waals surface area contributed by atoms with Crippen molar-refractivity contribution in [2.24, 2.45) is 0 Å². The fourth-order valence-electron chi connectivity index (χ4n) is 2.56. The lowest BCUT2D eigenvalue weighted by molar-refractivity contribution is 0.166. The lowest BCUT2D eigenvalue weighted by atomic mass is 10.2. The summed E-state index contributed by atoms with van der Waals surface area (Å²) in [6.07, 6.45) is 0.978. The van der Waals surface area contributed by atoms with Gasteiger partial charge >= 0.3 is 8.56 Å². The molecule has 0 bridgehead atoms. The molecule has 0 N–H and O–H groups in total. The van der Waals surface area contributed by atoms with Gasteiger partial charge in [-0.05, 0) is 11.6 Å². The largest absolute Gasteiger partial charge is 0.397 e. The van der Waals surface area contributed by atoms with Gasteiger partial charge in [0.1, 0.15) is 8.24 Å². The SMILES string of the molecule is CO[Si](C)(CN1CCN([Si](C)(C)C(C)(C)C)CC1)OC. The Morgan fingerprint density at radius 2 is 1.35 bits per heavy atom. The highest BCUT2D eigenvalue weighted by atomic mass is 28.4. The van der Waals surface area contributed by atoms with Crippen molar-refractivity contribution in [2.75, 3.05) is 46.6 Å². The molecule has 6 heteroatoms. The van der Waals surface area contributed by atoms with E-state index in [0.717, 1.165) is 19.3 Å². The molecule has 0 aromatic heterocycles. The molecule has 4 nitrogen and oxygen atoms in total. The van der Waals surface area contributed by atoms with Gasteiger partial charge in [0.15, 0.2) is 0 Å². The minimum atomic E-state index is -1.97. The molecule has 1 aliphatic rings. The van der Waals surface area contributed by atoms with Gasteiger partial charge in [-0.25, -0.2) is 0 Å². The van der Waals surface area contributed by atoms with Crippen LogP contribution < -0.4 is 0 Å². The maximum atomic E-state index is 5.61. The zero-order chi connectivity index (χ0) is 15.6. The van der Waals surface area contributed by atoms with Gasteiger partial charge < -0.3 is 13.4 Å². The summed E-state index contributed by atoms with van der Waals surface area (Å²) in [5.74, 6) is 0. The van der Waals surface area contributed by atoms with E-state index in [4.69, 9.17) is 8.85 Å². The highest BCUT2D eigenvalue weighted by molar-refractivity contribution is 6.77. The molecule has 1 rings (SSSR count). The molecular formula is C14H34N2O2Si2. The number of rotatable bonds is 5. The van der Waals surface area contributed by atoms with E-state index in [1.54, 1.807) is 14.2 Å². The number of hydrogen-bond donors (Lipinski definition) is 0. The first-order valence-electron chi connectivity index (χ1n) is 7.63. The Hall–Kier alpha value is 0.274. The van der Waals surface area contributed by atoms with Crippen molar-refractivity contribution in [3.8, 4) is 0 Å². The Labute approximate surface area is 127 Å². The van der Waals surface area contributed by atoms with E-state index in [0.29, 0.717) is 5.04 Å². The summed E-state index contributed by atoms with van der Waals surface area (Å²) in [5.41, 5.74) is 0. The molecule has 1 heterocycles. The highest BCUT2D eigenvalue weighted by Gasteiger charge is 2.42. The molecule has 0 saturated carbocycles. The Balaban J connectivity index is 2.56. The molecule has 0 aromatic rings. The molecule has 0 atom stereocenters. The van der Waals surface area contributed by atoms with Crippen LogP contribution >= 0.6 is 0 Å². The smallest absolute Gasteiger partial charge is 0.348 e. The molecule has 0 amide bonds. The normalized spacial score (nSPS) is 20.4. The molecule has 0 unspecified atom stereocenters. The van der Waals surface area contributed by atoms with Crippen LogP contribution in [0.1, 0.15) is 20.8 Å². The summed E-state index contributed by atoms with van der Waals surface area (Å²) in [5, 5.41) is 0.428. The van der Waals surface area contributed by atoms with E-state index in [-0.39, 0.29) is 0 Å². The lowest BCUT2D eigenvalue weighted by Crippen LogP contribution is -2.63. The first-order chi connectivity index (χ1) is 9.05. The van der Waals surface area contributed by atoms with Crippen molar-refractivity contribution in [3.63, 3.8) is 0 Å². The van der Waals surface area contributed by atoms with Crippen LogP contribution in [0.5, 0.6) is 0 Å². The molecule has 0 aliphatic carbocycles. The maximum Gasteiger partial charge on any atom is 0.348 e. The Kier molecular flexibility index (Phi) is 6.03. The van der Waals surface area contributed by atoms with Gasteiger partial charge in [0.2, 0.25) is 0 Å². The lowest BCUT2D eigenvalue weighted by Gasteiger charge is -2.49. The van der Waals surface area contributed by atoms with Crippen molar-refractivity contribution < 1.29 is 8.85 Å². The molecule has 1 aliphatic heterocycles. The highest BCUT2D eigenvalue weighted by Crippen LogP contribution is 2.38. The Bertz CT molecular complexity index is 307. The average molecular weight is 319 g/mol. The minimum Gasteiger partial charge on any atom is -0.397 e. The van der Waals surface area contributed by atoms with Gasteiger partial charge in [-0.1, -0.05) is 33.9 Å². The summed E-state index contributed by atoms with van der Waals surface area (Å²) in [6.45, 7) is 19.0. The summed E-state index contributed by atoms with van der Waals surface area (Å²) >= 11 is 0. The third-order valence-corrected chi connectivity index (χ3v) is 13.8. The van der Waals surface area contributed by atoms with E-state index < -0.39 is 16.8 Å². The molecule has 120 valence electrons. The second kappa shape index (κ2) is 6.58. The Morgan fingerprint density at radius 3 is 1.70 bits per heavy atom. The fourth-order valence-corrected chi connectivity index (χ4v) is 6.38. The van der Waals surface area contributed by atoms with Gasteiger partial charge in [-0.2, -0.15) is 0 Å². The van der Waals surface area contributed by atoms with E-state index in [2.05, 4.69) is 49.9 Å². The van der Waals surface area contributed by atoms with Crippen molar-refractivity contribution in [1.29, 1.82) is 0 Å². The van der Waals surface area contributed by atoms with Crippen molar-refractivity contribution >= 4 is 16.8 Å². The molecule has 0 radical (unpaired) electrons. The summed E-state index contributed by atoms with van der Waals surface area (Å²) in [7, 11) is 0.235. The van der Waals surface area contributed by atoms with Crippen molar-refractivity contribution in [2.45, 2.75) is 45.5 Å². The van der Waals surface area contributed by atoms with Crippen LogP contribution in [0.15, 0.2) is 0 Å². The second-order valence-corrected chi connectivity index (χ2v) is 16.3. The first kappa shape index (κ1) is 18.3. The monoisotopic (exact) mass is 318 g/mol. The van der Waals surface area contributed by atoms with Crippen molar-refractivity contribution in [3.05, 3.63) is 0 Å². The average Bonchev–Trinajstić information content (AvgIpc) is 2.38. The number of nitrogens with zero attached hydrogens (tertiary/aromatic N) is 2. The summed E-state index contributed by atoms with van der Waals surface area (Å²) < 4.78 is 14.0. The summed E-state index contributed by atoms with van der Waals surface area (Å²) in [4.78, 5) is 2.52. The molecule has 0 aromatic carbocycles. The van der Waals surface area contributed by atoms with Gasteiger partial charge in [0.05, 0.1) is 0 Å². The molecule has 1 saturated heterocycles. The fraction of sp³-hybridized carbons (Fsp3) is 1.00. The van der Waals surface area contributed by atoms with E-state index >= 15 is 0 Å². The zero-order valence-corrected chi connectivity index (χ0v) is 16.7. The quantitative estimate of drug-likeness (QED) is 0.727. The van der Waals surface area contributed by atoms with Gasteiger partial charge in [-0.3, -0.25) is 4.90 Å². The number of hydrogen-bond acceptors (Lipinski definition) is 4. The van der Waals surface area contributed by atoms with E-state index in [9.17, 15) is 0 Å². The molecular weight excluding hydrogens is 284 g/mol. The van der Waals surface area contributed by atoms with Gasteiger partial charge in [0.25, 0.3) is 0 Å². The predicted molar refractivity (Wildman–Crippen MR) is 90.8 cm³/mol. The van der Waals surface area contributed by atoms with Crippen LogP contribution in [0.4, 0.5) is 0 Å². The summed E-state index contributed by atoms with van der Waals surface area (Å²) in [6, 6.07) is 0. The first-order valence-corrected chi connectivity index (χ1v) is 13.1. The topological polar surface area (TPSA) is 24.9 Å². The van der Waals surface area contributed by atoms with Crippen LogP contribution in [0.3, 0.4) is 0 Å². The molecule has 1 fully saturated rings. The van der Waals surface area contributed by atoms with Gasteiger partial charge in [0, 0.05) is 46.6 Å². The molecule has 0 spiro atoms. The van der Waals surface area contributed by atoms with E-state index in [1.807, 2.05) is 0 Å². The van der Waals surface area contributed by atoms with Crippen LogP contribution in [0.2, 0.25) is 24.7 Å². The van der Waals surface area contributed by atoms with Crippen LogP contribution in [0, 0.1) is 0 Å². The van der Waals surface area contributed by atoms with E-state index in [1.165, 1.54) is 13.1 Å².